The van der Waals surface area contributed by atoms with Gasteiger partial charge in [0.25, 0.3) is 5.91 Å². The second-order valence-corrected chi connectivity index (χ2v) is 7.59. The zero-order valence-electron chi connectivity index (χ0n) is 17.1. The normalized spacial score (nSPS) is 17.0. The van der Waals surface area contributed by atoms with Crippen molar-refractivity contribution >= 4 is 11.5 Å². The monoisotopic (exact) mass is 406 g/mol. The minimum atomic E-state index is -0.142. The predicted molar refractivity (Wildman–Crippen MR) is 114 cm³/mol. The van der Waals surface area contributed by atoms with E-state index in [1.165, 1.54) is 17.7 Å². The molecule has 0 bridgehead atoms. The lowest BCUT2D eigenvalue weighted by atomic mass is 10.1. The van der Waals surface area contributed by atoms with Crippen molar-refractivity contribution in [2.24, 2.45) is 0 Å². The molecule has 1 N–H and O–H groups in total. The summed E-state index contributed by atoms with van der Waals surface area (Å²) in [7, 11) is 0. The van der Waals surface area contributed by atoms with Crippen LogP contribution in [0.25, 0.3) is 5.57 Å². The third kappa shape index (κ3) is 4.52. The number of ether oxygens (including phenoxy) is 1. The maximum atomic E-state index is 13.0. The molecule has 0 saturated heterocycles. The van der Waals surface area contributed by atoms with Crippen molar-refractivity contribution in [3.63, 3.8) is 0 Å². The van der Waals surface area contributed by atoms with Gasteiger partial charge in [-0.15, -0.1) is 0 Å². The zero-order chi connectivity index (χ0) is 20.9. The molecular formula is C23H26N4O3. The first-order chi connectivity index (χ1) is 14.6. The number of unbranched alkanes of at least 4 members (excludes halogenated alkanes) is 1. The highest BCUT2D eigenvalue weighted by molar-refractivity contribution is 5.98. The first-order valence-corrected chi connectivity index (χ1v) is 10.3. The molecule has 7 heteroatoms. The molecule has 0 unspecified atom stereocenters. The second-order valence-electron chi connectivity index (χ2n) is 7.59. The highest BCUT2D eigenvalue weighted by atomic mass is 16.5. The molecule has 7 nitrogen and oxygen atoms in total. The topological polar surface area (TPSA) is 78.8 Å². The maximum absolute atomic E-state index is 13.0. The van der Waals surface area contributed by atoms with Crippen molar-refractivity contribution in [1.82, 2.24) is 19.8 Å². The van der Waals surface area contributed by atoms with Crippen LogP contribution in [0.15, 0.2) is 54.7 Å². The van der Waals surface area contributed by atoms with Gasteiger partial charge in [-0.3, -0.25) is 9.69 Å². The van der Waals surface area contributed by atoms with Crippen LogP contribution in [-0.2, 0) is 0 Å². The van der Waals surface area contributed by atoms with E-state index in [4.69, 9.17) is 4.74 Å². The standard InChI is InChI=1S/C23H26N4O3/c1-17-16-30-21-8-7-19(28)14-20(21)23(29)27(17)13-3-2-11-26-12-4-6-18(15-26)22-24-9-5-10-25-22/h5-10,14,16,28H,2-4,11-13,15H2,1H3. The van der Waals surface area contributed by atoms with Crippen LogP contribution < -0.4 is 4.74 Å². The highest BCUT2D eigenvalue weighted by Crippen LogP contribution is 2.29. The van der Waals surface area contributed by atoms with E-state index >= 15 is 0 Å². The number of aromatic nitrogens is 2. The summed E-state index contributed by atoms with van der Waals surface area (Å²) in [4.78, 5) is 25.8. The van der Waals surface area contributed by atoms with E-state index < -0.39 is 0 Å². The molecule has 2 aliphatic heterocycles. The van der Waals surface area contributed by atoms with Crippen molar-refractivity contribution in [3.8, 4) is 11.5 Å². The molecule has 0 radical (unpaired) electrons. The summed E-state index contributed by atoms with van der Waals surface area (Å²) in [5.74, 6) is 1.19. The molecule has 1 amide bonds. The SMILES string of the molecule is CC1=COc2ccc(O)cc2C(=O)N1CCCCN1CCC=C(c2ncccn2)C1. The van der Waals surface area contributed by atoms with Gasteiger partial charge in [-0.1, -0.05) is 6.08 Å². The van der Waals surface area contributed by atoms with Gasteiger partial charge in [0.05, 0.1) is 11.3 Å². The van der Waals surface area contributed by atoms with Gasteiger partial charge in [0.2, 0.25) is 0 Å². The van der Waals surface area contributed by atoms with Crippen molar-refractivity contribution in [1.29, 1.82) is 0 Å². The molecular weight excluding hydrogens is 380 g/mol. The number of amides is 1. The fourth-order valence-electron chi connectivity index (χ4n) is 3.81. The molecule has 2 aliphatic rings. The van der Waals surface area contributed by atoms with Crippen molar-refractivity contribution < 1.29 is 14.6 Å². The van der Waals surface area contributed by atoms with Gasteiger partial charge < -0.3 is 14.7 Å². The highest BCUT2D eigenvalue weighted by Gasteiger charge is 2.24. The Labute approximate surface area is 176 Å². The Bertz CT molecular complexity index is 972. The van der Waals surface area contributed by atoms with Crippen molar-refractivity contribution in [2.75, 3.05) is 26.2 Å². The smallest absolute Gasteiger partial charge is 0.262 e. The minimum absolute atomic E-state index is 0.0570. The first-order valence-electron chi connectivity index (χ1n) is 10.3. The number of phenolic OH excluding ortho intramolecular Hbond substituents is 1. The van der Waals surface area contributed by atoms with E-state index in [2.05, 4.69) is 20.9 Å². The Kier molecular flexibility index (Phi) is 6.09. The Hall–Kier alpha value is -3.19. The summed E-state index contributed by atoms with van der Waals surface area (Å²) in [6, 6.07) is 6.43. The molecule has 4 rings (SSSR count). The van der Waals surface area contributed by atoms with E-state index in [0.717, 1.165) is 50.4 Å². The maximum Gasteiger partial charge on any atom is 0.262 e. The summed E-state index contributed by atoms with van der Waals surface area (Å²) in [5, 5.41) is 9.75. The van der Waals surface area contributed by atoms with Crippen LogP contribution in [0.3, 0.4) is 0 Å². The fourth-order valence-corrected chi connectivity index (χ4v) is 3.81. The van der Waals surface area contributed by atoms with Gasteiger partial charge in [0.1, 0.15) is 17.8 Å². The summed E-state index contributed by atoms with van der Waals surface area (Å²) >= 11 is 0. The number of allylic oxidation sites excluding steroid dienone is 1. The zero-order valence-corrected chi connectivity index (χ0v) is 17.1. The number of phenols is 1. The van der Waals surface area contributed by atoms with Crippen LogP contribution in [0, 0.1) is 0 Å². The predicted octanol–water partition coefficient (Wildman–Crippen LogP) is 3.45. The molecule has 0 spiro atoms. The number of benzene rings is 1. The molecule has 0 saturated carbocycles. The summed E-state index contributed by atoms with van der Waals surface area (Å²) in [6.45, 7) is 5.32. The summed E-state index contributed by atoms with van der Waals surface area (Å²) in [5.41, 5.74) is 2.33. The van der Waals surface area contributed by atoms with Gasteiger partial charge in [0.15, 0.2) is 5.82 Å². The lowest BCUT2D eigenvalue weighted by Gasteiger charge is -2.27. The number of hydrogen-bond donors (Lipinski definition) is 1. The van der Waals surface area contributed by atoms with Crippen LogP contribution in [0.4, 0.5) is 0 Å². The first kappa shape index (κ1) is 20.1. The van der Waals surface area contributed by atoms with E-state index in [9.17, 15) is 9.90 Å². The molecule has 30 heavy (non-hydrogen) atoms. The number of aromatic hydroxyl groups is 1. The molecule has 0 fully saturated rings. The molecule has 1 aromatic heterocycles. The quantitative estimate of drug-likeness (QED) is 0.741. The van der Waals surface area contributed by atoms with E-state index in [1.807, 2.05) is 13.0 Å². The van der Waals surface area contributed by atoms with Gasteiger partial charge in [0, 0.05) is 37.6 Å². The fraction of sp³-hybridized carbons (Fsp3) is 0.348. The van der Waals surface area contributed by atoms with Crippen LogP contribution in [0.5, 0.6) is 11.5 Å². The lowest BCUT2D eigenvalue weighted by Crippen LogP contribution is -2.32. The number of hydrogen-bond acceptors (Lipinski definition) is 6. The van der Waals surface area contributed by atoms with Crippen LogP contribution >= 0.6 is 0 Å². The van der Waals surface area contributed by atoms with Crippen LogP contribution in [0.2, 0.25) is 0 Å². The van der Waals surface area contributed by atoms with Crippen LogP contribution in [0.1, 0.15) is 42.4 Å². The number of carbonyl (C=O) groups is 1. The largest absolute Gasteiger partial charge is 0.508 e. The lowest BCUT2D eigenvalue weighted by molar-refractivity contribution is 0.0804. The molecule has 2 aromatic rings. The Morgan fingerprint density at radius 2 is 1.97 bits per heavy atom. The third-order valence-electron chi connectivity index (χ3n) is 5.41. The average molecular weight is 406 g/mol. The van der Waals surface area contributed by atoms with E-state index in [-0.39, 0.29) is 11.7 Å². The number of carbonyl (C=O) groups excluding carboxylic acids is 1. The second kappa shape index (κ2) is 9.09. The summed E-state index contributed by atoms with van der Waals surface area (Å²) < 4.78 is 5.61. The molecule has 156 valence electrons. The molecule has 0 atom stereocenters. The van der Waals surface area contributed by atoms with E-state index in [0.29, 0.717) is 17.9 Å². The Morgan fingerprint density at radius 1 is 1.17 bits per heavy atom. The Balaban J connectivity index is 1.31. The van der Waals surface area contributed by atoms with Gasteiger partial charge in [-0.05, 0) is 57.0 Å². The number of rotatable bonds is 6. The summed E-state index contributed by atoms with van der Waals surface area (Å²) in [6.07, 6.45) is 10.2. The van der Waals surface area contributed by atoms with Gasteiger partial charge in [-0.2, -0.15) is 0 Å². The van der Waals surface area contributed by atoms with Crippen molar-refractivity contribution in [3.05, 3.63) is 66.1 Å². The van der Waals surface area contributed by atoms with Gasteiger partial charge >= 0.3 is 0 Å². The molecule has 3 heterocycles. The Morgan fingerprint density at radius 3 is 2.80 bits per heavy atom. The molecule has 0 aliphatic carbocycles. The molecule has 1 aromatic carbocycles. The number of fused-ring (bicyclic) bond motifs is 1. The minimum Gasteiger partial charge on any atom is -0.508 e. The number of nitrogens with zero attached hydrogens (tertiary/aromatic N) is 4. The van der Waals surface area contributed by atoms with Crippen molar-refractivity contribution in [2.45, 2.75) is 26.2 Å². The average Bonchev–Trinajstić information content (AvgIpc) is 2.89. The van der Waals surface area contributed by atoms with Gasteiger partial charge in [-0.25, -0.2) is 9.97 Å². The third-order valence-corrected chi connectivity index (χ3v) is 5.41. The van der Waals surface area contributed by atoms with E-state index in [1.54, 1.807) is 29.6 Å². The van der Waals surface area contributed by atoms with Crippen LogP contribution in [-0.4, -0.2) is 57.0 Å².